The Kier molecular flexibility index (Phi) is 22.6. The molecule has 0 rings (SSSR count). The van der Waals surface area contributed by atoms with Crippen LogP contribution in [-0.2, 0) is 10.1 Å². The van der Waals surface area contributed by atoms with Gasteiger partial charge in [0.2, 0.25) is 0 Å². The van der Waals surface area contributed by atoms with Gasteiger partial charge in [0.15, 0.2) is 0 Å². The summed E-state index contributed by atoms with van der Waals surface area (Å²) in [5, 5.41) is 11.5. The predicted molar refractivity (Wildman–Crippen MR) is 108 cm³/mol. The molecule has 0 aliphatic rings. The molecule has 0 aromatic heterocycles. The van der Waals surface area contributed by atoms with Crippen LogP contribution in [0, 0.1) is 0 Å². The van der Waals surface area contributed by atoms with Crippen LogP contribution in [-0.4, -0.2) is 31.2 Å². The van der Waals surface area contributed by atoms with Crippen LogP contribution in [0.4, 0.5) is 0 Å². The Balaban J connectivity index is 0. The molecule has 0 heterocycles. The largest absolute Gasteiger partial charge is 1.00 e. The molecule has 0 atom stereocenters. The van der Waals surface area contributed by atoms with E-state index < -0.39 is 10.1 Å². The summed E-state index contributed by atoms with van der Waals surface area (Å²) in [5.41, 5.74) is 0. The van der Waals surface area contributed by atoms with Gasteiger partial charge in [-0.05, 0) is 31.6 Å². The van der Waals surface area contributed by atoms with Gasteiger partial charge in [-0.1, -0.05) is 83.3 Å². The van der Waals surface area contributed by atoms with Crippen molar-refractivity contribution < 1.29 is 47.6 Å². The molecule has 0 aromatic carbocycles. The fourth-order valence-electron chi connectivity index (χ4n) is 2.75. The summed E-state index contributed by atoms with van der Waals surface area (Å²) < 4.78 is 29.6. The summed E-state index contributed by atoms with van der Waals surface area (Å²) in [7, 11) is -3.90. The first-order chi connectivity index (χ1) is 12.5. The Morgan fingerprint density at radius 1 is 0.889 bits per heavy atom. The predicted octanol–water partition coefficient (Wildman–Crippen LogP) is 1.67. The maximum atomic E-state index is 11.5. The molecule has 27 heavy (non-hydrogen) atoms. The normalized spacial score (nSPS) is 12.4. The van der Waals surface area contributed by atoms with Crippen LogP contribution in [0.1, 0.15) is 96.8 Å². The van der Waals surface area contributed by atoms with Crippen molar-refractivity contribution in [2.75, 3.05) is 12.3 Å². The van der Waals surface area contributed by atoms with Crippen LogP contribution in [0.3, 0.4) is 0 Å². The van der Waals surface area contributed by atoms with Crippen molar-refractivity contribution in [1.29, 1.82) is 0 Å². The second-order valence-electron chi connectivity index (χ2n) is 6.94. The van der Waals surface area contributed by atoms with Crippen molar-refractivity contribution >= 4 is 16.0 Å². The van der Waals surface area contributed by atoms with Crippen LogP contribution in [0.15, 0.2) is 17.1 Å². The van der Waals surface area contributed by atoms with E-state index in [1.165, 1.54) is 70.3 Å². The van der Waals surface area contributed by atoms with E-state index in [1.807, 2.05) is 6.08 Å². The smallest absolute Gasteiger partial charge is 0.859 e. The zero-order chi connectivity index (χ0) is 19.5. The number of hydrogen-bond donors (Lipinski definition) is 1. The van der Waals surface area contributed by atoms with Gasteiger partial charge in [0, 0.05) is 6.54 Å². The van der Waals surface area contributed by atoms with Crippen LogP contribution >= 0.6 is 0 Å². The van der Waals surface area contributed by atoms with Gasteiger partial charge < -0.3 is 10.1 Å². The SMILES string of the molecule is CCCCCCCCCCCCC/C=C/C([O-])=NCCCCS(=O)(=O)O.[Na+]. The molecule has 0 bridgehead atoms. The monoisotopic (exact) mass is 411 g/mol. The summed E-state index contributed by atoms with van der Waals surface area (Å²) in [6, 6.07) is 0. The molecular formula is C20H38NNaO4S. The zero-order valence-electron chi connectivity index (χ0n) is 17.5. The molecule has 0 saturated carbocycles. The first-order valence-electron chi connectivity index (χ1n) is 10.3. The zero-order valence-corrected chi connectivity index (χ0v) is 20.3. The number of hydrogen-bond acceptors (Lipinski definition) is 4. The third-order valence-electron chi connectivity index (χ3n) is 4.31. The van der Waals surface area contributed by atoms with Gasteiger partial charge in [-0.25, -0.2) is 0 Å². The van der Waals surface area contributed by atoms with Crippen LogP contribution in [0.5, 0.6) is 0 Å². The molecule has 0 aromatic rings. The molecule has 0 aliphatic carbocycles. The molecule has 0 spiro atoms. The summed E-state index contributed by atoms with van der Waals surface area (Å²) in [6.07, 6.45) is 19.5. The Hall–Kier alpha value is 0.120. The van der Waals surface area contributed by atoms with E-state index in [4.69, 9.17) is 4.55 Å². The van der Waals surface area contributed by atoms with E-state index >= 15 is 0 Å². The minimum atomic E-state index is -3.90. The molecule has 7 heteroatoms. The second kappa shape index (κ2) is 20.8. The van der Waals surface area contributed by atoms with Gasteiger partial charge in [0.25, 0.3) is 10.1 Å². The molecule has 0 aliphatic heterocycles. The molecule has 154 valence electrons. The number of aliphatic imine (C=N–C) groups is 1. The fraction of sp³-hybridized carbons (Fsp3) is 0.850. The van der Waals surface area contributed by atoms with Crippen LogP contribution in [0.2, 0.25) is 0 Å². The standard InChI is InChI=1S/C20H39NO4S.Na/c1-2-3-4-5-6-7-8-9-10-11-12-13-14-17-20(22)21-18-15-16-19-26(23,24)25;/h14,17H,2-13,15-16,18-19H2,1H3,(H,21,22)(H,23,24,25);/q;+1/p-1/b17-14+;. The van der Waals surface area contributed by atoms with Crippen molar-refractivity contribution in [2.24, 2.45) is 4.99 Å². The molecule has 0 fully saturated rings. The maximum absolute atomic E-state index is 11.5. The fourth-order valence-corrected chi connectivity index (χ4v) is 3.32. The average Bonchev–Trinajstić information content (AvgIpc) is 2.57. The van der Waals surface area contributed by atoms with Crippen molar-refractivity contribution in [3.05, 3.63) is 12.2 Å². The molecule has 0 saturated heterocycles. The maximum Gasteiger partial charge on any atom is 1.00 e. The molecule has 5 nitrogen and oxygen atoms in total. The first kappa shape index (κ1) is 29.3. The van der Waals surface area contributed by atoms with Gasteiger partial charge in [0.1, 0.15) is 0 Å². The first-order valence-corrected chi connectivity index (χ1v) is 11.9. The van der Waals surface area contributed by atoms with Gasteiger partial charge in [0.05, 0.1) is 5.75 Å². The topological polar surface area (TPSA) is 89.8 Å². The van der Waals surface area contributed by atoms with E-state index in [0.29, 0.717) is 19.4 Å². The van der Waals surface area contributed by atoms with Gasteiger partial charge >= 0.3 is 29.6 Å². The average molecular weight is 412 g/mol. The molecular weight excluding hydrogens is 373 g/mol. The minimum absolute atomic E-state index is 0. The summed E-state index contributed by atoms with van der Waals surface area (Å²) in [6.45, 7) is 2.55. The van der Waals surface area contributed by atoms with Crippen molar-refractivity contribution in [3.63, 3.8) is 0 Å². The van der Waals surface area contributed by atoms with Gasteiger partial charge in [-0.2, -0.15) is 8.42 Å². The summed E-state index contributed by atoms with van der Waals surface area (Å²) in [5.74, 6) is -0.536. The second-order valence-corrected chi connectivity index (χ2v) is 8.51. The number of nitrogens with zero attached hydrogens (tertiary/aromatic N) is 1. The summed E-state index contributed by atoms with van der Waals surface area (Å²) >= 11 is 0. The van der Waals surface area contributed by atoms with E-state index in [9.17, 15) is 13.5 Å². The molecule has 0 unspecified atom stereocenters. The molecule has 0 radical (unpaired) electrons. The number of unbranched alkanes of at least 4 members (excludes halogenated alkanes) is 12. The van der Waals surface area contributed by atoms with E-state index in [0.717, 1.165) is 12.8 Å². The van der Waals surface area contributed by atoms with Crippen molar-refractivity contribution in [3.8, 4) is 0 Å². The Labute approximate surface area is 189 Å². The third-order valence-corrected chi connectivity index (χ3v) is 5.12. The Bertz CT molecular complexity index is 478. The quantitative estimate of drug-likeness (QED) is 0.122. The van der Waals surface area contributed by atoms with Crippen LogP contribution in [0.25, 0.3) is 0 Å². The van der Waals surface area contributed by atoms with Gasteiger partial charge in [-0.15, -0.1) is 0 Å². The van der Waals surface area contributed by atoms with E-state index in [2.05, 4.69) is 11.9 Å². The molecule has 1 N–H and O–H groups in total. The number of rotatable bonds is 18. The van der Waals surface area contributed by atoms with Crippen LogP contribution < -0.4 is 34.7 Å². The Morgan fingerprint density at radius 2 is 1.41 bits per heavy atom. The van der Waals surface area contributed by atoms with Crippen molar-refractivity contribution in [1.82, 2.24) is 0 Å². The van der Waals surface area contributed by atoms with E-state index in [1.54, 1.807) is 0 Å². The minimum Gasteiger partial charge on any atom is -0.859 e. The Morgan fingerprint density at radius 3 is 1.93 bits per heavy atom. The van der Waals surface area contributed by atoms with Crippen molar-refractivity contribution in [2.45, 2.75) is 96.8 Å². The summed E-state index contributed by atoms with van der Waals surface area (Å²) in [4.78, 5) is 3.84. The number of allylic oxidation sites excluding steroid dienone is 1. The molecule has 0 amide bonds. The van der Waals surface area contributed by atoms with E-state index in [-0.39, 0.29) is 41.2 Å². The van der Waals surface area contributed by atoms with Gasteiger partial charge in [-0.3, -0.25) is 4.55 Å². The third kappa shape index (κ3) is 26.1.